The molecule has 0 aromatic carbocycles. The van der Waals surface area contributed by atoms with Crippen LogP contribution in [0.5, 0.6) is 0 Å². The number of carbonyl (C=O) groups excluding carboxylic acids is 3. The van der Waals surface area contributed by atoms with Crippen LogP contribution in [0, 0.1) is 44.3 Å². The molecule has 7 atom stereocenters. The van der Waals surface area contributed by atoms with Gasteiger partial charge in [-0.25, -0.2) is 0 Å². The lowest BCUT2D eigenvalue weighted by atomic mass is 9.34. The topological polar surface area (TPSA) is 69.7 Å². The van der Waals surface area contributed by atoms with Gasteiger partial charge in [-0.2, -0.15) is 0 Å². The average molecular weight is 527 g/mol. The molecule has 38 heavy (non-hydrogen) atoms. The zero-order chi connectivity index (χ0) is 28.1. The van der Waals surface area contributed by atoms with Gasteiger partial charge < -0.3 is 9.47 Å². The van der Waals surface area contributed by atoms with Crippen molar-refractivity contribution in [1.29, 1.82) is 0 Å². The normalized spacial score (nSPS) is 45.2. The summed E-state index contributed by atoms with van der Waals surface area (Å²) in [7, 11) is 1.48. The Bertz CT molecular complexity index is 1100. The SMILES string of the molecule is COC(=O)[C@@]12CCC(C)(C)C(=O)C1=C1CC[C@@H]3[C@@]4(C)CC[C@H](OC(C)=O)C(C)(C)[C@@H]4CC[C@@]3(C)[C@]1(C)CC2. The number of allylic oxidation sites excluding steroid dienone is 1. The van der Waals surface area contributed by atoms with Crippen molar-refractivity contribution in [2.45, 2.75) is 126 Å². The molecule has 0 aromatic rings. The summed E-state index contributed by atoms with van der Waals surface area (Å²) >= 11 is 0. The number of ether oxygens (including phenoxy) is 2. The molecule has 0 saturated heterocycles. The molecule has 0 spiro atoms. The summed E-state index contributed by atoms with van der Waals surface area (Å²) in [4.78, 5) is 39.5. The molecule has 0 amide bonds. The molecule has 5 rings (SSSR count). The maximum Gasteiger partial charge on any atom is 0.316 e. The lowest BCUT2D eigenvalue weighted by molar-refractivity contribution is -0.213. The minimum absolute atomic E-state index is 0.0308. The predicted octanol–water partition coefficient (Wildman–Crippen LogP) is 7.22. The fraction of sp³-hybridized carbons (Fsp3) is 0.848. The zero-order valence-electron chi connectivity index (χ0n) is 25.3. The second-order valence-corrected chi connectivity index (χ2v) is 15.5. The summed E-state index contributed by atoms with van der Waals surface area (Å²) in [6.45, 7) is 17.7. The molecule has 0 radical (unpaired) electrons. The van der Waals surface area contributed by atoms with Crippen LogP contribution in [0.4, 0.5) is 0 Å². The summed E-state index contributed by atoms with van der Waals surface area (Å²) < 4.78 is 11.3. The minimum atomic E-state index is -0.773. The summed E-state index contributed by atoms with van der Waals surface area (Å²) in [5.74, 6) is 0.805. The highest BCUT2D eigenvalue weighted by molar-refractivity contribution is 6.07. The quantitative estimate of drug-likeness (QED) is 0.355. The van der Waals surface area contributed by atoms with Gasteiger partial charge in [-0.05, 0) is 92.3 Å². The highest BCUT2D eigenvalue weighted by Gasteiger charge is 2.69. The van der Waals surface area contributed by atoms with Crippen molar-refractivity contribution >= 4 is 17.7 Å². The highest BCUT2D eigenvalue weighted by atomic mass is 16.5. The molecule has 0 heterocycles. The Morgan fingerprint density at radius 2 is 1.47 bits per heavy atom. The number of esters is 2. The molecule has 0 N–H and O–H groups in total. The number of rotatable bonds is 2. The van der Waals surface area contributed by atoms with E-state index >= 15 is 0 Å². The van der Waals surface area contributed by atoms with Gasteiger partial charge in [0.25, 0.3) is 0 Å². The average Bonchev–Trinajstić information content (AvgIpc) is 2.83. The maximum absolute atomic E-state index is 14.2. The van der Waals surface area contributed by atoms with Crippen molar-refractivity contribution in [1.82, 2.24) is 0 Å². The van der Waals surface area contributed by atoms with Crippen molar-refractivity contribution in [2.24, 2.45) is 44.3 Å². The first kappa shape index (κ1) is 27.9. The number of carbonyl (C=O) groups is 3. The molecular weight excluding hydrogens is 476 g/mol. The Balaban J connectivity index is 1.60. The Labute approximate surface area is 229 Å². The molecular formula is C33H50O5. The van der Waals surface area contributed by atoms with Crippen LogP contribution in [0.3, 0.4) is 0 Å². The van der Waals surface area contributed by atoms with Gasteiger partial charge in [0.2, 0.25) is 0 Å². The number of hydrogen-bond donors (Lipinski definition) is 0. The molecule has 5 nitrogen and oxygen atoms in total. The maximum atomic E-state index is 14.2. The molecule has 4 fully saturated rings. The number of hydrogen-bond acceptors (Lipinski definition) is 5. The van der Waals surface area contributed by atoms with E-state index in [1.807, 2.05) is 0 Å². The second kappa shape index (κ2) is 8.43. The number of ketones is 1. The van der Waals surface area contributed by atoms with Gasteiger partial charge >= 0.3 is 11.9 Å². The van der Waals surface area contributed by atoms with Crippen LogP contribution in [0.15, 0.2) is 11.1 Å². The lowest BCUT2D eigenvalue weighted by Crippen LogP contribution is -2.65. The number of fused-ring (bicyclic) bond motifs is 6. The predicted molar refractivity (Wildman–Crippen MR) is 147 cm³/mol. The smallest absolute Gasteiger partial charge is 0.316 e. The molecule has 5 heteroatoms. The first-order chi connectivity index (χ1) is 17.5. The van der Waals surface area contributed by atoms with E-state index in [1.165, 1.54) is 19.6 Å². The van der Waals surface area contributed by atoms with Crippen LogP contribution in [0.1, 0.15) is 120 Å². The molecule has 0 aromatic heterocycles. The molecule has 5 aliphatic carbocycles. The number of Topliss-reactive ketones (excluding diaryl/α,β-unsaturated/α-hetero) is 1. The first-order valence-corrected chi connectivity index (χ1v) is 15.1. The monoisotopic (exact) mass is 526 g/mol. The van der Waals surface area contributed by atoms with Crippen molar-refractivity contribution in [3.05, 3.63) is 11.1 Å². The van der Waals surface area contributed by atoms with E-state index < -0.39 is 10.8 Å². The highest BCUT2D eigenvalue weighted by Crippen LogP contribution is 2.75. The van der Waals surface area contributed by atoms with E-state index in [9.17, 15) is 14.4 Å². The summed E-state index contributed by atoms with van der Waals surface area (Å²) in [5.41, 5.74) is 0.905. The lowest BCUT2D eigenvalue weighted by Gasteiger charge is -2.70. The third kappa shape index (κ3) is 3.38. The third-order valence-corrected chi connectivity index (χ3v) is 13.3. The van der Waals surface area contributed by atoms with Gasteiger partial charge in [-0.15, -0.1) is 0 Å². The fourth-order valence-electron chi connectivity index (χ4n) is 11.0. The minimum Gasteiger partial charge on any atom is -0.468 e. The van der Waals surface area contributed by atoms with E-state index in [0.717, 1.165) is 56.9 Å². The molecule has 0 bridgehead atoms. The van der Waals surface area contributed by atoms with Gasteiger partial charge in [0.15, 0.2) is 5.78 Å². The van der Waals surface area contributed by atoms with Crippen molar-refractivity contribution in [3.63, 3.8) is 0 Å². The Kier molecular flexibility index (Phi) is 6.19. The van der Waals surface area contributed by atoms with E-state index in [-0.39, 0.29) is 45.5 Å². The fourth-order valence-corrected chi connectivity index (χ4v) is 11.0. The van der Waals surface area contributed by atoms with Crippen LogP contribution >= 0.6 is 0 Å². The van der Waals surface area contributed by atoms with E-state index in [4.69, 9.17) is 9.47 Å². The van der Waals surface area contributed by atoms with Crippen molar-refractivity contribution in [3.8, 4) is 0 Å². The standard InChI is InChI=1S/C33H50O5/c1-20(34)38-24-13-14-30(6)22(29(24,4)5)12-15-32(8)23(30)11-10-21-25-26(35)28(2,3)16-18-33(25,27(36)37-9)19-17-31(21,32)7/h22-24H,10-19H2,1-9H3/t22-,23+,24-,30-,31+,32+,33+/m0/s1. The summed E-state index contributed by atoms with van der Waals surface area (Å²) in [6.07, 6.45) is 9.18. The van der Waals surface area contributed by atoms with Crippen LogP contribution in [0.25, 0.3) is 0 Å². The Morgan fingerprint density at radius 3 is 2.11 bits per heavy atom. The first-order valence-electron chi connectivity index (χ1n) is 15.1. The second-order valence-electron chi connectivity index (χ2n) is 15.5. The van der Waals surface area contributed by atoms with Crippen LogP contribution in [-0.4, -0.2) is 30.9 Å². The van der Waals surface area contributed by atoms with E-state index in [1.54, 1.807) is 0 Å². The third-order valence-electron chi connectivity index (χ3n) is 13.3. The van der Waals surface area contributed by atoms with Gasteiger partial charge in [-0.1, -0.05) is 54.0 Å². The van der Waals surface area contributed by atoms with Crippen LogP contribution < -0.4 is 0 Å². The molecule has 0 aliphatic heterocycles. The van der Waals surface area contributed by atoms with E-state index in [2.05, 4.69) is 48.5 Å². The van der Waals surface area contributed by atoms with Gasteiger partial charge in [0.1, 0.15) is 6.10 Å². The van der Waals surface area contributed by atoms with E-state index in [0.29, 0.717) is 24.7 Å². The van der Waals surface area contributed by atoms with Crippen LogP contribution in [-0.2, 0) is 23.9 Å². The molecule has 0 unspecified atom stereocenters. The van der Waals surface area contributed by atoms with Crippen molar-refractivity contribution < 1.29 is 23.9 Å². The summed E-state index contributed by atoms with van der Waals surface area (Å²) in [6, 6.07) is 0. The number of methoxy groups -OCH3 is 1. The summed E-state index contributed by atoms with van der Waals surface area (Å²) in [5, 5.41) is 0. The zero-order valence-corrected chi connectivity index (χ0v) is 25.3. The van der Waals surface area contributed by atoms with Crippen LogP contribution in [0.2, 0.25) is 0 Å². The van der Waals surface area contributed by atoms with Gasteiger partial charge in [-0.3, -0.25) is 14.4 Å². The molecule has 5 aliphatic rings. The Morgan fingerprint density at radius 1 is 0.816 bits per heavy atom. The van der Waals surface area contributed by atoms with Gasteiger partial charge in [0, 0.05) is 23.3 Å². The van der Waals surface area contributed by atoms with Crippen molar-refractivity contribution in [2.75, 3.05) is 7.11 Å². The molecule has 4 saturated carbocycles. The Hall–Kier alpha value is -1.65. The molecule has 212 valence electrons. The largest absolute Gasteiger partial charge is 0.468 e. The van der Waals surface area contributed by atoms with Gasteiger partial charge in [0.05, 0.1) is 12.5 Å².